The van der Waals surface area contributed by atoms with Crippen molar-refractivity contribution in [2.45, 2.75) is 62.2 Å². The third kappa shape index (κ3) is 3.64. The Morgan fingerprint density at radius 2 is 0.864 bits per heavy atom. The summed E-state index contributed by atoms with van der Waals surface area (Å²) in [6.07, 6.45) is 10.9. The van der Waals surface area contributed by atoms with Crippen LogP contribution in [0.25, 0.3) is 22.3 Å². The summed E-state index contributed by atoms with van der Waals surface area (Å²) in [6, 6.07) is 59.7. The first kappa shape index (κ1) is 32.1. The summed E-state index contributed by atoms with van der Waals surface area (Å²) in [5.41, 5.74) is 24.6. The van der Waals surface area contributed by atoms with E-state index in [1.807, 2.05) is 0 Å². The summed E-state index contributed by atoms with van der Waals surface area (Å²) in [5, 5.41) is 0. The van der Waals surface area contributed by atoms with Gasteiger partial charge in [0.05, 0.1) is 0 Å². The van der Waals surface area contributed by atoms with Gasteiger partial charge in [-0.3, -0.25) is 0 Å². The molecule has 2 spiro atoms. The molecular weight excluding hydrogens is 711 g/mol. The molecule has 2 heterocycles. The number of fused-ring (bicyclic) bond motifs is 10. The van der Waals surface area contributed by atoms with Crippen molar-refractivity contribution in [2.75, 3.05) is 9.80 Å². The second kappa shape index (κ2) is 11.1. The zero-order valence-corrected chi connectivity index (χ0v) is 33.4. The number of para-hydroxylation sites is 2. The highest BCUT2D eigenvalue weighted by Gasteiger charge is 2.62. The Kier molecular flexibility index (Phi) is 6.02. The molecule has 7 aromatic rings. The van der Waals surface area contributed by atoms with Gasteiger partial charge < -0.3 is 9.80 Å². The van der Waals surface area contributed by atoms with E-state index < -0.39 is 0 Å². The summed E-state index contributed by atoms with van der Waals surface area (Å²) < 4.78 is 0. The lowest BCUT2D eigenvalue weighted by Gasteiger charge is -2.44. The normalized spacial score (nSPS) is 27.5. The van der Waals surface area contributed by atoms with E-state index in [4.69, 9.17) is 0 Å². The van der Waals surface area contributed by atoms with Gasteiger partial charge in [-0.25, -0.2) is 0 Å². The predicted molar refractivity (Wildman–Crippen MR) is 244 cm³/mol. The average Bonchev–Trinajstić information content (AvgIpc) is 4.15. The standard InChI is InChI=1S/C56H45BN2/c1-2-11-38(12-3-1)58-50-18-9-8-17-48(50)57-49-33-47-43(41-14-5-7-16-45(41)56(47)36-25-26-37(56)28-27-36)32-53(49)59(52-20-10-19-51(58)54(52)57)39-29-30-46-42(31-39)40-13-4-6-15-44(40)55(46)34-21-22-35(55)24-23-34/h1-20,29-37H,21-28H2. The molecular formula is C56H45BN2. The molecule has 0 saturated heterocycles. The molecule has 3 heteroatoms. The topological polar surface area (TPSA) is 6.48 Å². The van der Waals surface area contributed by atoms with Crippen LogP contribution < -0.4 is 26.2 Å². The summed E-state index contributed by atoms with van der Waals surface area (Å²) in [4.78, 5) is 5.23. The molecule has 15 rings (SSSR count). The number of rotatable bonds is 2. The molecule has 0 N–H and O–H groups in total. The van der Waals surface area contributed by atoms with Gasteiger partial charge in [-0.15, -0.1) is 0 Å². The molecule has 4 bridgehead atoms. The minimum atomic E-state index is 0.126. The van der Waals surface area contributed by atoms with Crippen molar-refractivity contribution in [3.05, 3.63) is 174 Å². The molecule has 2 aliphatic heterocycles. The van der Waals surface area contributed by atoms with Crippen molar-refractivity contribution in [3.8, 4) is 22.3 Å². The minimum Gasteiger partial charge on any atom is -0.311 e. The lowest BCUT2D eigenvalue weighted by molar-refractivity contribution is 0.400. The van der Waals surface area contributed by atoms with Crippen LogP contribution in [-0.4, -0.2) is 6.71 Å². The van der Waals surface area contributed by atoms with E-state index in [9.17, 15) is 0 Å². The van der Waals surface area contributed by atoms with E-state index in [-0.39, 0.29) is 17.5 Å². The lowest BCUT2D eigenvalue weighted by Crippen LogP contribution is -2.61. The zero-order chi connectivity index (χ0) is 38.2. The van der Waals surface area contributed by atoms with Gasteiger partial charge >= 0.3 is 0 Å². The first-order valence-electron chi connectivity index (χ1n) is 22.7. The quantitative estimate of drug-likeness (QED) is 0.162. The fourth-order valence-electron chi connectivity index (χ4n) is 15.8. The van der Waals surface area contributed by atoms with Crippen molar-refractivity contribution in [1.29, 1.82) is 0 Å². The molecule has 59 heavy (non-hydrogen) atoms. The molecule has 7 aromatic carbocycles. The Hall–Kier alpha value is -5.80. The molecule has 282 valence electrons. The van der Waals surface area contributed by atoms with E-state index in [2.05, 4.69) is 161 Å². The van der Waals surface area contributed by atoms with Crippen LogP contribution in [0.15, 0.2) is 152 Å². The minimum absolute atomic E-state index is 0.126. The Morgan fingerprint density at radius 3 is 1.53 bits per heavy atom. The Bertz CT molecular complexity index is 2940. The third-order valence-electron chi connectivity index (χ3n) is 17.6. The molecule has 4 fully saturated rings. The zero-order valence-electron chi connectivity index (χ0n) is 33.4. The molecule has 6 aliphatic carbocycles. The molecule has 0 radical (unpaired) electrons. The lowest BCUT2D eigenvalue weighted by atomic mass is 9.33. The monoisotopic (exact) mass is 756 g/mol. The number of anilines is 6. The maximum absolute atomic E-state index is 2.77. The van der Waals surface area contributed by atoms with Crippen LogP contribution in [0, 0.1) is 23.7 Å². The van der Waals surface area contributed by atoms with Gasteiger partial charge in [-0.1, -0.05) is 103 Å². The SMILES string of the molecule is c1ccc(N2c3ccccc3B3c4cc5c(cc4N(c4ccc6c(c4)-c4ccccc4C64C6CCC4CC6)c4cccc2c43)-c2ccccc2C52C3CCC2CC3)cc1. The maximum atomic E-state index is 2.77. The number of benzene rings is 7. The van der Waals surface area contributed by atoms with Gasteiger partial charge in [-0.05, 0) is 184 Å². The molecule has 4 saturated carbocycles. The van der Waals surface area contributed by atoms with Gasteiger partial charge in [0.2, 0.25) is 0 Å². The summed E-state index contributed by atoms with van der Waals surface area (Å²) in [5.74, 6) is 2.95. The highest BCUT2D eigenvalue weighted by Crippen LogP contribution is 2.70. The molecule has 8 aliphatic rings. The van der Waals surface area contributed by atoms with Gasteiger partial charge in [0.25, 0.3) is 6.71 Å². The highest BCUT2D eigenvalue weighted by atomic mass is 15.2. The smallest absolute Gasteiger partial charge is 0.252 e. The van der Waals surface area contributed by atoms with Crippen molar-refractivity contribution in [1.82, 2.24) is 0 Å². The fraction of sp³-hybridized carbons (Fsp3) is 0.250. The summed E-state index contributed by atoms with van der Waals surface area (Å²) in [6.45, 7) is 0.126. The molecule has 0 amide bonds. The second-order valence-electron chi connectivity index (χ2n) is 19.3. The largest absolute Gasteiger partial charge is 0.311 e. The summed E-state index contributed by atoms with van der Waals surface area (Å²) >= 11 is 0. The van der Waals surface area contributed by atoms with Crippen molar-refractivity contribution < 1.29 is 0 Å². The number of hydrogen-bond donors (Lipinski definition) is 0. The number of hydrogen-bond acceptors (Lipinski definition) is 2. The van der Waals surface area contributed by atoms with Crippen molar-refractivity contribution >= 4 is 57.2 Å². The molecule has 2 nitrogen and oxygen atoms in total. The first-order chi connectivity index (χ1) is 29.3. The Balaban J connectivity index is 1.03. The first-order valence-corrected chi connectivity index (χ1v) is 22.7. The van der Waals surface area contributed by atoms with Crippen LogP contribution in [0.2, 0.25) is 0 Å². The highest BCUT2D eigenvalue weighted by molar-refractivity contribution is 7.00. The average molecular weight is 757 g/mol. The van der Waals surface area contributed by atoms with Crippen LogP contribution >= 0.6 is 0 Å². The van der Waals surface area contributed by atoms with Crippen LogP contribution in [0.3, 0.4) is 0 Å². The molecule has 0 aromatic heterocycles. The van der Waals surface area contributed by atoms with Gasteiger partial charge in [0, 0.05) is 45.0 Å². The van der Waals surface area contributed by atoms with Crippen LogP contribution in [-0.2, 0) is 10.8 Å². The van der Waals surface area contributed by atoms with Crippen LogP contribution in [0.4, 0.5) is 34.1 Å². The molecule has 0 unspecified atom stereocenters. The van der Waals surface area contributed by atoms with Crippen LogP contribution in [0.5, 0.6) is 0 Å². The van der Waals surface area contributed by atoms with Crippen molar-refractivity contribution in [2.24, 2.45) is 23.7 Å². The van der Waals surface area contributed by atoms with E-state index in [0.29, 0.717) is 0 Å². The maximum Gasteiger partial charge on any atom is 0.252 e. The van der Waals surface area contributed by atoms with Gasteiger partial charge in [-0.2, -0.15) is 0 Å². The van der Waals surface area contributed by atoms with E-state index in [0.717, 1.165) is 23.7 Å². The Labute approximate surface area is 347 Å². The van der Waals surface area contributed by atoms with Gasteiger partial charge in [0.15, 0.2) is 0 Å². The number of nitrogens with zero attached hydrogens (tertiary/aromatic N) is 2. The van der Waals surface area contributed by atoms with Crippen LogP contribution in [0.1, 0.15) is 73.6 Å². The van der Waals surface area contributed by atoms with Gasteiger partial charge in [0.1, 0.15) is 0 Å². The Morgan fingerprint density at radius 1 is 0.356 bits per heavy atom. The van der Waals surface area contributed by atoms with E-state index >= 15 is 0 Å². The van der Waals surface area contributed by atoms with E-state index in [1.165, 1.54) is 124 Å². The van der Waals surface area contributed by atoms with Crippen molar-refractivity contribution in [3.63, 3.8) is 0 Å². The molecule has 0 atom stereocenters. The second-order valence-corrected chi connectivity index (χ2v) is 19.3. The van der Waals surface area contributed by atoms with E-state index in [1.54, 1.807) is 22.3 Å². The third-order valence-corrected chi connectivity index (χ3v) is 17.6. The summed E-state index contributed by atoms with van der Waals surface area (Å²) in [7, 11) is 0. The fourth-order valence-corrected chi connectivity index (χ4v) is 15.8. The predicted octanol–water partition coefficient (Wildman–Crippen LogP) is 11.9.